The van der Waals surface area contributed by atoms with E-state index in [0.717, 1.165) is 46.0 Å². The van der Waals surface area contributed by atoms with Gasteiger partial charge in [-0.3, -0.25) is 9.59 Å². The van der Waals surface area contributed by atoms with Crippen molar-refractivity contribution in [2.75, 3.05) is 32.4 Å². The van der Waals surface area contributed by atoms with Gasteiger partial charge in [-0.1, -0.05) is 25.0 Å². The zero-order valence-corrected chi connectivity index (χ0v) is 26.1. The zero-order valence-electron chi connectivity index (χ0n) is 24.5. The predicted molar refractivity (Wildman–Crippen MR) is 166 cm³/mol. The molecule has 1 N–H and O–H groups in total. The highest BCUT2D eigenvalue weighted by atomic mass is 32.2. The third-order valence-electron chi connectivity index (χ3n) is 8.91. The number of aromatic nitrogens is 1. The van der Waals surface area contributed by atoms with Gasteiger partial charge in [0, 0.05) is 49.1 Å². The second kappa shape index (κ2) is 12.0. The largest absolute Gasteiger partial charge is 0.338 e. The number of amides is 2. The van der Waals surface area contributed by atoms with Crippen LogP contribution in [0.25, 0.3) is 21.0 Å². The molecule has 1 aliphatic heterocycles. The molecule has 9 nitrogen and oxygen atoms in total. The average molecular weight is 636 g/mol. The molecule has 2 aliphatic carbocycles. The van der Waals surface area contributed by atoms with Crippen molar-refractivity contribution in [2.45, 2.75) is 50.0 Å². The summed E-state index contributed by atoms with van der Waals surface area (Å²) in [7, 11) is -3.29. The standard InChI is InChI=1S/C32H34FN5O4S2/c1-44(41,42)38-18-16-37(17-19-38)31(40)23-8-6-21(7-9-23)28-27(35-30(43-28)22-10-12-24(33)13-11-22)25-4-2-3-5-26(25)29(39)36-32(20-34)14-15-32/h6-13,25-26H,2-5,14-19H2,1H3,(H,36,39). The molecule has 12 heteroatoms. The number of sulfonamides is 1. The quantitative estimate of drug-likeness (QED) is 0.399. The molecule has 2 unspecified atom stereocenters. The van der Waals surface area contributed by atoms with Crippen LogP contribution in [0.5, 0.6) is 0 Å². The van der Waals surface area contributed by atoms with E-state index < -0.39 is 15.6 Å². The van der Waals surface area contributed by atoms with Crippen LogP contribution in [-0.2, 0) is 14.8 Å². The second-order valence-electron chi connectivity index (χ2n) is 12.0. The molecule has 2 saturated carbocycles. The van der Waals surface area contributed by atoms with Crippen molar-refractivity contribution in [3.63, 3.8) is 0 Å². The van der Waals surface area contributed by atoms with Gasteiger partial charge < -0.3 is 10.2 Å². The number of carbonyl (C=O) groups excluding carboxylic acids is 2. The van der Waals surface area contributed by atoms with E-state index in [1.807, 2.05) is 12.1 Å². The maximum Gasteiger partial charge on any atom is 0.253 e. The van der Waals surface area contributed by atoms with Gasteiger partial charge in [-0.05, 0) is 67.6 Å². The lowest BCUT2D eigenvalue weighted by Crippen LogP contribution is -2.50. The molecule has 230 valence electrons. The molecule has 0 radical (unpaired) electrons. The Kier molecular flexibility index (Phi) is 8.30. The molecule has 1 saturated heterocycles. The number of hydrogen-bond donors (Lipinski definition) is 1. The van der Waals surface area contributed by atoms with Crippen LogP contribution in [-0.4, -0.2) is 72.4 Å². The maximum atomic E-state index is 13.7. The topological polar surface area (TPSA) is 123 Å². The number of rotatable bonds is 7. The summed E-state index contributed by atoms with van der Waals surface area (Å²) >= 11 is 1.48. The smallest absolute Gasteiger partial charge is 0.253 e. The van der Waals surface area contributed by atoms with E-state index in [0.29, 0.717) is 37.9 Å². The average Bonchev–Trinajstić information content (AvgIpc) is 3.67. The third-order valence-corrected chi connectivity index (χ3v) is 11.4. The summed E-state index contributed by atoms with van der Waals surface area (Å²) in [4.78, 5) is 34.4. The number of halogens is 1. The van der Waals surface area contributed by atoms with Crippen LogP contribution in [0.1, 0.15) is 60.5 Å². The highest BCUT2D eigenvalue weighted by Crippen LogP contribution is 2.46. The number of hydrogen-bond acceptors (Lipinski definition) is 7. The number of piperazine rings is 1. The number of carbonyl (C=O) groups is 2. The van der Waals surface area contributed by atoms with Crippen LogP contribution in [0, 0.1) is 23.1 Å². The molecule has 6 rings (SSSR count). The fourth-order valence-electron chi connectivity index (χ4n) is 6.17. The Morgan fingerprint density at radius 1 is 1.00 bits per heavy atom. The summed E-state index contributed by atoms with van der Waals surface area (Å²) in [5, 5.41) is 13.3. The minimum atomic E-state index is -3.29. The molecular formula is C32H34FN5O4S2. The minimum Gasteiger partial charge on any atom is -0.338 e. The van der Waals surface area contributed by atoms with Crippen molar-refractivity contribution in [1.29, 1.82) is 5.26 Å². The van der Waals surface area contributed by atoms with Crippen molar-refractivity contribution in [3.8, 4) is 27.1 Å². The van der Waals surface area contributed by atoms with Crippen LogP contribution in [0.3, 0.4) is 0 Å². The normalized spacial score (nSPS) is 21.8. The van der Waals surface area contributed by atoms with Gasteiger partial charge in [-0.25, -0.2) is 17.8 Å². The Morgan fingerprint density at radius 2 is 1.64 bits per heavy atom. The van der Waals surface area contributed by atoms with Crippen LogP contribution in [0.4, 0.5) is 4.39 Å². The van der Waals surface area contributed by atoms with E-state index in [2.05, 4.69) is 11.4 Å². The molecule has 2 atom stereocenters. The first-order valence-electron chi connectivity index (χ1n) is 14.9. The lowest BCUT2D eigenvalue weighted by atomic mass is 9.76. The van der Waals surface area contributed by atoms with Crippen molar-refractivity contribution < 1.29 is 22.4 Å². The van der Waals surface area contributed by atoms with Gasteiger partial charge >= 0.3 is 0 Å². The van der Waals surface area contributed by atoms with Gasteiger partial charge in [-0.2, -0.15) is 9.57 Å². The summed E-state index contributed by atoms with van der Waals surface area (Å²) in [6.07, 6.45) is 5.89. The van der Waals surface area contributed by atoms with Crippen LogP contribution in [0.2, 0.25) is 0 Å². The molecule has 44 heavy (non-hydrogen) atoms. The molecule has 0 spiro atoms. The molecule has 3 aromatic rings. The number of nitrogens with zero attached hydrogens (tertiary/aromatic N) is 4. The van der Waals surface area contributed by atoms with Gasteiger partial charge in [0.05, 0.1) is 22.9 Å². The monoisotopic (exact) mass is 635 g/mol. The molecule has 1 aromatic heterocycles. The highest BCUT2D eigenvalue weighted by molar-refractivity contribution is 7.88. The first kappa shape index (κ1) is 30.4. The van der Waals surface area contributed by atoms with Gasteiger partial charge in [-0.15, -0.1) is 11.3 Å². The minimum absolute atomic E-state index is 0.104. The van der Waals surface area contributed by atoms with Crippen molar-refractivity contribution >= 4 is 33.2 Å². The third kappa shape index (κ3) is 6.27. The lowest BCUT2D eigenvalue weighted by molar-refractivity contribution is -0.127. The SMILES string of the molecule is CS(=O)(=O)N1CCN(C(=O)c2ccc(-c3sc(-c4ccc(F)cc4)nc3C3CCCCC3C(=O)NC3(C#N)CC3)cc2)CC1. The van der Waals surface area contributed by atoms with Crippen LogP contribution >= 0.6 is 11.3 Å². The zero-order chi connectivity index (χ0) is 31.1. The van der Waals surface area contributed by atoms with Gasteiger partial charge in [0.1, 0.15) is 16.4 Å². The Hall–Kier alpha value is -3.66. The van der Waals surface area contributed by atoms with Crippen molar-refractivity contribution in [3.05, 3.63) is 65.6 Å². The Bertz CT molecular complexity index is 1700. The summed E-state index contributed by atoms with van der Waals surface area (Å²) < 4.78 is 38.8. The number of benzene rings is 2. The van der Waals surface area contributed by atoms with Crippen LogP contribution in [0.15, 0.2) is 48.5 Å². The fourth-order valence-corrected chi connectivity index (χ4v) is 8.14. The van der Waals surface area contributed by atoms with E-state index in [-0.39, 0.29) is 42.6 Å². The highest BCUT2D eigenvalue weighted by Gasteiger charge is 2.47. The Morgan fingerprint density at radius 3 is 2.25 bits per heavy atom. The van der Waals surface area contributed by atoms with Crippen LogP contribution < -0.4 is 5.32 Å². The first-order valence-corrected chi connectivity index (χ1v) is 17.6. The van der Waals surface area contributed by atoms with E-state index >= 15 is 0 Å². The Balaban J connectivity index is 1.30. The van der Waals surface area contributed by atoms with E-state index in [1.165, 1.54) is 34.0 Å². The summed E-state index contributed by atoms with van der Waals surface area (Å²) in [5.41, 5.74) is 2.22. The molecule has 3 aliphatic rings. The predicted octanol–water partition coefficient (Wildman–Crippen LogP) is 4.78. The van der Waals surface area contributed by atoms with E-state index in [9.17, 15) is 27.7 Å². The van der Waals surface area contributed by atoms with Crippen molar-refractivity contribution in [2.24, 2.45) is 5.92 Å². The van der Waals surface area contributed by atoms with Crippen molar-refractivity contribution in [1.82, 2.24) is 19.5 Å². The molecule has 3 fully saturated rings. The van der Waals surface area contributed by atoms with E-state index in [1.54, 1.807) is 29.2 Å². The molecule has 2 amide bonds. The maximum absolute atomic E-state index is 13.7. The number of nitrogens with one attached hydrogen (secondary N) is 1. The molecule has 2 aromatic carbocycles. The number of thiazole rings is 1. The summed E-state index contributed by atoms with van der Waals surface area (Å²) in [6, 6.07) is 15.8. The van der Waals surface area contributed by atoms with Gasteiger partial charge in [0.2, 0.25) is 15.9 Å². The van der Waals surface area contributed by atoms with Gasteiger partial charge in [0.25, 0.3) is 5.91 Å². The van der Waals surface area contributed by atoms with Gasteiger partial charge in [0.15, 0.2) is 0 Å². The molecular weight excluding hydrogens is 602 g/mol. The fraction of sp³-hybridized carbons (Fsp3) is 0.438. The Labute approximate surface area is 260 Å². The number of nitriles is 1. The summed E-state index contributed by atoms with van der Waals surface area (Å²) in [5.74, 6) is -1.06. The summed E-state index contributed by atoms with van der Waals surface area (Å²) in [6.45, 7) is 1.19. The van der Waals surface area contributed by atoms with E-state index in [4.69, 9.17) is 4.98 Å². The molecule has 0 bridgehead atoms. The first-order chi connectivity index (χ1) is 21.1. The molecule has 2 heterocycles. The second-order valence-corrected chi connectivity index (χ2v) is 14.9. The lowest BCUT2D eigenvalue weighted by Gasteiger charge is -2.33.